The number of nitrogens with zero attached hydrogens (tertiary/aromatic N) is 3. The van der Waals surface area contributed by atoms with Crippen molar-refractivity contribution in [2.24, 2.45) is 5.41 Å². The van der Waals surface area contributed by atoms with Crippen molar-refractivity contribution >= 4 is 28.4 Å². The van der Waals surface area contributed by atoms with Crippen LogP contribution in [0.5, 0.6) is 0 Å². The highest BCUT2D eigenvalue weighted by Crippen LogP contribution is 2.43. The zero-order valence-electron chi connectivity index (χ0n) is 15.1. The first kappa shape index (κ1) is 17.0. The molecule has 138 valence electrons. The highest BCUT2D eigenvalue weighted by atomic mass is 16.3. The van der Waals surface area contributed by atoms with Crippen LogP contribution in [-0.4, -0.2) is 37.0 Å². The van der Waals surface area contributed by atoms with Crippen molar-refractivity contribution in [2.75, 3.05) is 4.90 Å². The maximum absolute atomic E-state index is 13.0. The molecule has 2 aromatic heterocycles. The lowest BCUT2D eigenvalue weighted by molar-refractivity contribution is -0.123. The Morgan fingerprint density at radius 2 is 2.04 bits per heavy atom. The van der Waals surface area contributed by atoms with E-state index in [2.05, 4.69) is 20.2 Å². The van der Waals surface area contributed by atoms with Gasteiger partial charge in [-0.15, -0.1) is 0 Å². The number of nitrogens with one attached hydrogen (secondary N) is 2. The Balaban J connectivity index is 1.89. The summed E-state index contributed by atoms with van der Waals surface area (Å²) in [4.78, 5) is 34.5. The van der Waals surface area contributed by atoms with Crippen LogP contribution in [0.3, 0.4) is 0 Å². The van der Waals surface area contributed by atoms with Crippen LogP contribution in [0.15, 0.2) is 48.1 Å². The molecule has 0 aliphatic carbocycles. The number of ketones is 1. The number of aliphatic hydroxyl groups excluding tert-OH is 1. The third-order valence-corrected chi connectivity index (χ3v) is 4.63. The van der Waals surface area contributed by atoms with Crippen LogP contribution in [0, 0.1) is 5.41 Å². The molecule has 0 fully saturated rings. The van der Waals surface area contributed by atoms with Crippen LogP contribution in [0.2, 0.25) is 0 Å². The molecule has 1 aliphatic rings. The number of rotatable bonds is 3. The number of hydrogen-bond donors (Lipinski definition) is 3. The zero-order valence-corrected chi connectivity index (χ0v) is 15.1. The number of benzene rings is 1. The summed E-state index contributed by atoms with van der Waals surface area (Å²) in [5.41, 5.74) is 1.90. The summed E-state index contributed by atoms with van der Waals surface area (Å²) in [6.07, 6.45) is 3.11. The van der Waals surface area contributed by atoms with Crippen molar-refractivity contribution in [3.63, 3.8) is 0 Å². The molecule has 3 heterocycles. The first-order valence-corrected chi connectivity index (χ1v) is 8.53. The fraction of sp³-hybridized carbons (Fsp3) is 0.263. The minimum atomic E-state index is -0.785. The van der Waals surface area contributed by atoms with E-state index in [9.17, 15) is 14.7 Å². The highest BCUT2D eigenvalue weighted by molar-refractivity contribution is 6.17. The largest absolute Gasteiger partial charge is 0.503 e. The molecule has 1 atom stereocenters. The van der Waals surface area contributed by atoms with Crippen molar-refractivity contribution in [2.45, 2.75) is 26.8 Å². The lowest BCUT2D eigenvalue weighted by atomic mass is 9.83. The van der Waals surface area contributed by atoms with E-state index in [0.717, 1.165) is 11.0 Å². The lowest BCUT2D eigenvalue weighted by Crippen LogP contribution is -2.33. The molecule has 3 N–H and O–H groups in total. The standard InChI is InChI=1S/C19H19N5O3/c1-19(2,3)17(26)14-15(12-6-7-22-23-12)24(18(27)16(14)25)10-4-5-11-13(8-10)21-9-20-11/h4-9,15,25H,1-3H3,(H,20,21)(H,22,23)/t15-/m1/s1. The maximum atomic E-state index is 13.0. The Morgan fingerprint density at radius 1 is 1.26 bits per heavy atom. The number of aliphatic hydroxyl groups is 1. The van der Waals surface area contributed by atoms with E-state index in [-0.39, 0.29) is 11.4 Å². The van der Waals surface area contributed by atoms with Gasteiger partial charge in [0, 0.05) is 17.3 Å². The van der Waals surface area contributed by atoms with Gasteiger partial charge in [-0.2, -0.15) is 5.10 Å². The number of fused-ring (bicyclic) bond motifs is 1. The summed E-state index contributed by atoms with van der Waals surface area (Å²) in [6.45, 7) is 5.26. The van der Waals surface area contributed by atoms with Gasteiger partial charge in [-0.05, 0) is 24.3 Å². The second-order valence-corrected chi connectivity index (χ2v) is 7.54. The number of aromatic nitrogens is 4. The third-order valence-electron chi connectivity index (χ3n) is 4.63. The molecule has 0 radical (unpaired) electrons. The molecule has 1 amide bonds. The van der Waals surface area contributed by atoms with Crippen LogP contribution in [0.1, 0.15) is 32.5 Å². The van der Waals surface area contributed by atoms with Gasteiger partial charge in [0.1, 0.15) is 6.04 Å². The Bertz CT molecular complexity index is 1070. The Kier molecular flexibility index (Phi) is 3.66. The minimum absolute atomic E-state index is 0.0708. The summed E-state index contributed by atoms with van der Waals surface area (Å²) in [6, 6.07) is 6.18. The lowest BCUT2D eigenvalue weighted by Gasteiger charge is -2.27. The molecule has 4 rings (SSSR count). The Hall–Kier alpha value is -3.42. The summed E-state index contributed by atoms with van der Waals surface area (Å²) in [7, 11) is 0. The van der Waals surface area contributed by atoms with Gasteiger partial charge in [0.15, 0.2) is 11.5 Å². The smallest absolute Gasteiger partial charge is 0.294 e. The van der Waals surface area contributed by atoms with E-state index >= 15 is 0 Å². The summed E-state index contributed by atoms with van der Waals surface area (Å²) < 4.78 is 0. The number of carbonyl (C=O) groups is 2. The fourth-order valence-electron chi connectivity index (χ4n) is 3.29. The van der Waals surface area contributed by atoms with Crippen molar-refractivity contribution in [1.82, 2.24) is 20.2 Å². The fourth-order valence-corrected chi connectivity index (χ4v) is 3.29. The third kappa shape index (κ3) is 2.61. The number of H-pyrrole nitrogens is 2. The van der Waals surface area contributed by atoms with Crippen molar-refractivity contribution in [3.8, 4) is 0 Å². The molecule has 1 aliphatic heterocycles. The predicted molar refractivity (Wildman–Crippen MR) is 99.0 cm³/mol. The topological polar surface area (TPSA) is 115 Å². The number of hydrogen-bond acceptors (Lipinski definition) is 5. The maximum Gasteiger partial charge on any atom is 0.294 e. The number of imidazole rings is 1. The SMILES string of the molecule is CC(C)(C)C(=O)C1=C(O)C(=O)N(c2ccc3nc[nH]c3c2)[C@@H]1c1ccn[nH]1. The molecule has 0 spiro atoms. The van der Waals surface area contributed by atoms with Gasteiger partial charge < -0.3 is 10.1 Å². The predicted octanol–water partition coefficient (Wildman–Crippen LogP) is 2.80. The summed E-state index contributed by atoms with van der Waals surface area (Å²) in [5.74, 6) is -1.45. The molecule has 27 heavy (non-hydrogen) atoms. The normalized spacial score (nSPS) is 18.0. The van der Waals surface area contributed by atoms with Crippen LogP contribution in [-0.2, 0) is 9.59 Å². The van der Waals surface area contributed by atoms with Crippen molar-refractivity contribution in [3.05, 3.63) is 53.8 Å². The Labute approximate surface area is 154 Å². The van der Waals surface area contributed by atoms with Crippen molar-refractivity contribution < 1.29 is 14.7 Å². The van der Waals surface area contributed by atoms with Gasteiger partial charge in [0.05, 0.1) is 28.6 Å². The first-order chi connectivity index (χ1) is 12.8. The van der Waals surface area contributed by atoms with Gasteiger partial charge >= 0.3 is 0 Å². The van der Waals surface area contributed by atoms with E-state index in [4.69, 9.17) is 0 Å². The quantitative estimate of drug-likeness (QED) is 0.660. The molecule has 8 nitrogen and oxygen atoms in total. The van der Waals surface area contributed by atoms with Gasteiger partial charge in [0.25, 0.3) is 5.91 Å². The van der Waals surface area contributed by atoms with E-state index in [1.807, 2.05) is 0 Å². The highest BCUT2D eigenvalue weighted by Gasteiger charge is 2.47. The van der Waals surface area contributed by atoms with Gasteiger partial charge in [-0.1, -0.05) is 20.8 Å². The van der Waals surface area contributed by atoms with Gasteiger partial charge in [-0.25, -0.2) is 4.98 Å². The molecule has 0 saturated heterocycles. The van der Waals surface area contributed by atoms with E-state index in [0.29, 0.717) is 11.4 Å². The number of carbonyl (C=O) groups excluding carboxylic acids is 2. The molecule has 1 aromatic carbocycles. The molecular formula is C19H19N5O3. The second kappa shape index (κ2) is 5.80. The van der Waals surface area contributed by atoms with E-state index in [1.165, 1.54) is 4.90 Å². The molecule has 0 bridgehead atoms. The molecule has 8 heteroatoms. The number of amides is 1. The van der Waals surface area contributed by atoms with Crippen LogP contribution >= 0.6 is 0 Å². The summed E-state index contributed by atoms with van der Waals surface area (Å²) in [5, 5.41) is 17.4. The Morgan fingerprint density at radius 3 is 2.70 bits per heavy atom. The van der Waals surface area contributed by atoms with E-state index in [1.54, 1.807) is 57.6 Å². The molecule has 3 aromatic rings. The average Bonchev–Trinajstić information content (AvgIpc) is 3.33. The van der Waals surface area contributed by atoms with Crippen LogP contribution < -0.4 is 4.90 Å². The second-order valence-electron chi connectivity index (χ2n) is 7.54. The summed E-state index contributed by atoms with van der Waals surface area (Å²) >= 11 is 0. The average molecular weight is 365 g/mol. The van der Waals surface area contributed by atoms with Crippen LogP contribution in [0.25, 0.3) is 11.0 Å². The molecule has 0 unspecified atom stereocenters. The number of Topliss-reactive ketones (excluding diaryl/α,β-unsaturated/α-hetero) is 1. The molecule has 0 saturated carbocycles. The number of aromatic amines is 2. The zero-order chi connectivity index (χ0) is 19.3. The van der Waals surface area contributed by atoms with E-state index < -0.39 is 23.1 Å². The van der Waals surface area contributed by atoms with Crippen LogP contribution in [0.4, 0.5) is 5.69 Å². The minimum Gasteiger partial charge on any atom is -0.503 e. The van der Waals surface area contributed by atoms with Gasteiger partial charge in [0.2, 0.25) is 0 Å². The monoisotopic (exact) mass is 365 g/mol. The van der Waals surface area contributed by atoms with Crippen molar-refractivity contribution in [1.29, 1.82) is 0 Å². The number of anilines is 1. The first-order valence-electron chi connectivity index (χ1n) is 8.53. The molecular weight excluding hydrogens is 346 g/mol. The van der Waals surface area contributed by atoms with Gasteiger partial charge in [-0.3, -0.25) is 19.6 Å².